The van der Waals surface area contributed by atoms with Crippen LogP contribution in [0.25, 0.3) is 0 Å². The molecule has 0 N–H and O–H groups in total. The summed E-state index contributed by atoms with van der Waals surface area (Å²) in [5.74, 6) is 0. The van der Waals surface area contributed by atoms with Crippen LogP contribution in [0, 0.1) is 0 Å². The maximum absolute atomic E-state index is 14.0. The Morgan fingerprint density at radius 3 is 1.78 bits per heavy atom. The number of benzene rings is 3. The average molecular weight is 436 g/mol. The third-order valence-electron chi connectivity index (χ3n) is 4.89. The van der Waals surface area contributed by atoms with E-state index in [9.17, 15) is 4.79 Å². The molecule has 3 rings (SSSR count). The molecule has 3 heteroatoms. The standard InChI is InChI=1S/C24H24OSeSi/c1-3-13-23(26-20-14-7-4-8-15-20)24(25)27(2,21-16-9-5-10-17-21)22-18-11-6-12-19-22/h3-12,14-19,23H,1,13H2,2H3. The number of hydrogen-bond acceptors (Lipinski definition) is 1. The van der Waals surface area contributed by atoms with Crippen LogP contribution in [0.5, 0.6) is 0 Å². The Kier molecular flexibility index (Phi) is 6.62. The van der Waals surface area contributed by atoms with Gasteiger partial charge in [0.15, 0.2) is 0 Å². The molecule has 0 amide bonds. The van der Waals surface area contributed by atoms with Gasteiger partial charge in [-0.05, 0) is 0 Å². The Hall–Kier alpha value is -2.19. The van der Waals surface area contributed by atoms with Crippen LogP contribution >= 0.6 is 0 Å². The van der Waals surface area contributed by atoms with E-state index < -0.39 is 8.07 Å². The second kappa shape index (κ2) is 9.14. The van der Waals surface area contributed by atoms with E-state index in [0.717, 1.165) is 6.42 Å². The molecular weight excluding hydrogens is 411 g/mol. The van der Waals surface area contributed by atoms with Crippen molar-refractivity contribution in [2.24, 2.45) is 0 Å². The van der Waals surface area contributed by atoms with Gasteiger partial charge < -0.3 is 0 Å². The molecule has 1 nitrogen and oxygen atoms in total. The molecular formula is C24H24OSeSi. The van der Waals surface area contributed by atoms with E-state index in [1.165, 1.54) is 14.8 Å². The second-order valence-electron chi connectivity index (χ2n) is 6.67. The summed E-state index contributed by atoms with van der Waals surface area (Å²) in [6.07, 6.45) is 2.63. The van der Waals surface area contributed by atoms with Crippen LogP contribution in [-0.4, -0.2) is 28.4 Å². The van der Waals surface area contributed by atoms with Crippen molar-refractivity contribution in [3.63, 3.8) is 0 Å². The van der Waals surface area contributed by atoms with Crippen LogP contribution in [0.4, 0.5) is 0 Å². The molecule has 0 saturated carbocycles. The van der Waals surface area contributed by atoms with Crippen molar-refractivity contribution >= 4 is 43.3 Å². The molecule has 0 saturated heterocycles. The van der Waals surface area contributed by atoms with Crippen molar-refractivity contribution in [3.05, 3.63) is 104 Å². The van der Waals surface area contributed by atoms with Gasteiger partial charge in [0.1, 0.15) is 0 Å². The number of carbonyl (C=O) groups is 1. The summed E-state index contributed by atoms with van der Waals surface area (Å²) >= 11 is 0.0877. The molecule has 1 unspecified atom stereocenters. The first-order valence-electron chi connectivity index (χ1n) is 9.14. The Bertz CT molecular complexity index is 839. The maximum atomic E-state index is 14.0. The van der Waals surface area contributed by atoms with Crippen molar-refractivity contribution < 1.29 is 4.79 Å². The fraction of sp³-hybridized carbons (Fsp3) is 0.125. The number of carbonyl (C=O) groups excluding carboxylic acids is 1. The summed E-state index contributed by atoms with van der Waals surface area (Å²) in [6.45, 7) is 6.13. The van der Waals surface area contributed by atoms with Gasteiger partial charge in [-0.1, -0.05) is 0 Å². The van der Waals surface area contributed by atoms with E-state index in [1.807, 2.05) is 48.5 Å². The Morgan fingerprint density at radius 2 is 1.33 bits per heavy atom. The zero-order chi connectivity index (χ0) is 19.1. The molecule has 0 aliphatic heterocycles. The predicted molar refractivity (Wildman–Crippen MR) is 119 cm³/mol. The summed E-state index contributed by atoms with van der Waals surface area (Å²) in [7, 11) is -2.53. The molecule has 3 aromatic rings. The summed E-state index contributed by atoms with van der Waals surface area (Å²) in [5.41, 5.74) is 0. The summed E-state index contributed by atoms with van der Waals surface area (Å²) in [6, 6.07) is 31.1. The first kappa shape index (κ1) is 19.6. The zero-order valence-electron chi connectivity index (χ0n) is 15.5. The van der Waals surface area contributed by atoms with Crippen LogP contribution < -0.4 is 14.8 Å². The normalized spacial score (nSPS) is 12.3. The zero-order valence-corrected chi connectivity index (χ0v) is 18.3. The van der Waals surface area contributed by atoms with Gasteiger partial charge in [0.2, 0.25) is 0 Å². The monoisotopic (exact) mass is 436 g/mol. The first-order chi connectivity index (χ1) is 13.2. The molecule has 0 heterocycles. The van der Waals surface area contributed by atoms with Gasteiger partial charge in [-0.15, -0.1) is 0 Å². The Labute approximate surface area is 169 Å². The van der Waals surface area contributed by atoms with Gasteiger partial charge in [-0.25, -0.2) is 0 Å². The van der Waals surface area contributed by atoms with Gasteiger partial charge in [-0.3, -0.25) is 0 Å². The molecule has 0 aliphatic rings. The molecule has 1 atom stereocenters. The SMILES string of the molecule is C=CCC([Se]c1ccccc1)C(=O)[Si](C)(c1ccccc1)c1ccccc1. The van der Waals surface area contributed by atoms with Gasteiger partial charge >= 0.3 is 170 Å². The Morgan fingerprint density at radius 1 is 0.889 bits per heavy atom. The molecule has 0 radical (unpaired) electrons. The average Bonchev–Trinajstić information content (AvgIpc) is 2.74. The van der Waals surface area contributed by atoms with Gasteiger partial charge in [-0.2, -0.15) is 0 Å². The first-order valence-corrected chi connectivity index (χ1v) is 13.5. The van der Waals surface area contributed by atoms with Crippen molar-refractivity contribution in [1.82, 2.24) is 0 Å². The van der Waals surface area contributed by atoms with Crippen LogP contribution in [-0.2, 0) is 4.79 Å². The van der Waals surface area contributed by atoms with Crippen LogP contribution in [0.15, 0.2) is 104 Å². The fourth-order valence-electron chi connectivity index (χ4n) is 3.34. The van der Waals surface area contributed by atoms with E-state index >= 15 is 0 Å². The summed E-state index contributed by atoms with van der Waals surface area (Å²) in [5, 5.41) is 2.77. The van der Waals surface area contributed by atoms with Crippen molar-refractivity contribution in [3.8, 4) is 0 Å². The van der Waals surface area contributed by atoms with E-state index in [2.05, 4.69) is 61.7 Å². The van der Waals surface area contributed by atoms with Gasteiger partial charge in [0.05, 0.1) is 0 Å². The number of hydrogen-bond donors (Lipinski definition) is 0. The number of allylic oxidation sites excluding steroid dienone is 1. The molecule has 0 aliphatic carbocycles. The number of rotatable bonds is 8. The quantitative estimate of drug-likeness (QED) is 0.392. The van der Waals surface area contributed by atoms with Crippen molar-refractivity contribution in [1.29, 1.82) is 0 Å². The van der Waals surface area contributed by atoms with Crippen LogP contribution in [0.3, 0.4) is 0 Å². The molecule has 0 fully saturated rings. The van der Waals surface area contributed by atoms with Crippen LogP contribution in [0.2, 0.25) is 11.4 Å². The third-order valence-corrected chi connectivity index (χ3v) is 12.3. The van der Waals surface area contributed by atoms with Crippen molar-refractivity contribution in [2.45, 2.75) is 17.8 Å². The minimum absolute atomic E-state index is 0.00878. The van der Waals surface area contributed by atoms with Crippen LogP contribution in [0.1, 0.15) is 6.42 Å². The molecule has 27 heavy (non-hydrogen) atoms. The van der Waals surface area contributed by atoms with E-state index in [-0.39, 0.29) is 19.8 Å². The molecule has 0 aromatic heterocycles. The van der Waals surface area contributed by atoms with E-state index in [1.54, 1.807) is 0 Å². The molecule has 0 spiro atoms. The second-order valence-corrected chi connectivity index (χ2v) is 13.2. The molecule has 0 bridgehead atoms. The van der Waals surface area contributed by atoms with Gasteiger partial charge in [0, 0.05) is 0 Å². The van der Waals surface area contributed by atoms with E-state index in [4.69, 9.17) is 0 Å². The predicted octanol–water partition coefficient (Wildman–Crippen LogP) is 3.38. The summed E-state index contributed by atoms with van der Waals surface area (Å²) in [4.78, 5) is 14.0. The minimum atomic E-state index is -2.53. The Balaban J connectivity index is 2.04. The van der Waals surface area contributed by atoms with E-state index in [0.29, 0.717) is 5.41 Å². The third kappa shape index (κ3) is 4.39. The van der Waals surface area contributed by atoms with Crippen molar-refractivity contribution in [2.75, 3.05) is 0 Å². The topological polar surface area (TPSA) is 17.1 Å². The molecule has 3 aromatic carbocycles. The van der Waals surface area contributed by atoms with Gasteiger partial charge in [0.25, 0.3) is 0 Å². The fourth-order valence-corrected chi connectivity index (χ4v) is 10.6. The molecule has 136 valence electrons. The summed E-state index contributed by atoms with van der Waals surface area (Å²) < 4.78 is 1.27.